The normalized spacial score (nSPS) is 11.9. The van der Waals surface area contributed by atoms with Crippen molar-refractivity contribution in [1.29, 1.82) is 0 Å². The van der Waals surface area contributed by atoms with Gasteiger partial charge < -0.3 is 0 Å². The summed E-state index contributed by atoms with van der Waals surface area (Å²) in [5.74, 6) is -0.910. The summed E-state index contributed by atoms with van der Waals surface area (Å²) < 4.78 is 61.9. The Bertz CT molecular complexity index is 461. The van der Waals surface area contributed by atoms with Crippen molar-refractivity contribution in [3.05, 3.63) is 29.3 Å². The molecule has 0 aliphatic carbocycles. The summed E-state index contributed by atoms with van der Waals surface area (Å²) in [5.41, 5.74) is -5.07. The van der Waals surface area contributed by atoms with E-state index in [9.17, 15) is 26.7 Å². The van der Waals surface area contributed by atoms with Gasteiger partial charge in [-0.05, 0) is 29.5 Å². The van der Waals surface area contributed by atoms with Crippen LogP contribution < -0.4 is 0 Å². The fourth-order valence-electron chi connectivity index (χ4n) is 1.36. The van der Waals surface area contributed by atoms with Crippen LogP contribution in [0.5, 0.6) is 0 Å². The minimum Gasteiger partial charge on any atom is -0.298 e. The lowest BCUT2D eigenvalue weighted by molar-refractivity contribution is -0.116. The van der Waals surface area contributed by atoms with Crippen LogP contribution in [0.25, 0.3) is 0 Å². The topological polar surface area (TPSA) is 17.1 Å². The van der Waals surface area contributed by atoms with Gasteiger partial charge in [0.05, 0.1) is 5.88 Å². The van der Waals surface area contributed by atoms with Crippen LogP contribution in [0.1, 0.15) is 17.6 Å². The monoisotopic (exact) mass is 318 g/mol. The number of hydrogen-bond donors (Lipinski definition) is 0. The van der Waals surface area contributed by atoms with Gasteiger partial charge in [-0.1, -0.05) is 6.07 Å². The minimum atomic E-state index is -4.55. The van der Waals surface area contributed by atoms with Crippen LogP contribution in [0.3, 0.4) is 0 Å². The molecule has 8 heteroatoms. The predicted octanol–water partition coefficient (Wildman–Crippen LogP) is 4.59. The molecule has 1 aromatic carbocycles. The van der Waals surface area contributed by atoms with Gasteiger partial charge in [-0.3, -0.25) is 4.79 Å². The van der Waals surface area contributed by atoms with Crippen molar-refractivity contribution in [2.24, 2.45) is 0 Å². The summed E-state index contributed by atoms with van der Waals surface area (Å²) in [5, 5.41) is 0. The first-order valence-corrected chi connectivity index (χ1v) is 6.32. The zero-order valence-corrected chi connectivity index (χ0v) is 10.9. The molecule has 1 rings (SSSR count). The second kappa shape index (κ2) is 6.56. The SMILES string of the molecule is O=C(CCl)Cc1cc(C(F)F)ccc1SC(F)(F)F. The van der Waals surface area contributed by atoms with Crippen molar-refractivity contribution in [2.45, 2.75) is 23.3 Å². The van der Waals surface area contributed by atoms with Crippen molar-refractivity contribution in [1.82, 2.24) is 0 Å². The lowest BCUT2D eigenvalue weighted by atomic mass is 10.1. The third-order valence-electron chi connectivity index (χ3n) is 2.10. The number of hydrogen-bond acceptors (Lipinski definition) is 2. The molecule has 0 aliphatic rings. The molecule has 0 N–H and O–H groups in total. The summed E-state index contributed by atoms with van der Waals surface area (Å²) in [6, 6.07) is 2.76. The minimum absolute atomic E-state index is 0.0919. The van der Waals surface area contributed by atoms with Crippen molar-refractivity contribution in [2.75, 3.05) is 5.88 Å². The van der Waals surface area contributed by atoms with Crippen LogP contribution in [-0.2, 0) is 11.2 Å². The van der Waals surface area contributed by atoms with Crippen molar-refractivity contribution < 1.29 is 26.7 Å². The van der Waals surface area contributed by atoms with Gasteiger partial charge in [0.2, 0.25) is 0 Å². The van der Waals surface area contributed by atoms with Gasteiger partial charge in [-0.15, -0.1) is 11.6 Å². The van der Waals surface area contributed by atoms with Gasteiger partial charge in [0.1, 0.15) is 0 Å². The Morgan fingerprint density at radius 3 is 2.42 bits per heavy atom. The van der Waals surface area contributed by atoms with Crippen molar-refractivity contribution in [3.8, 4) is 0 Å². The van der Waals surface area contributed by atoms with Crippen LogP contribution in [0.4, 0.5) is 22.0 Å². The predicted molar refractivity (Wildman–Crippen MR) is 62.7 cm³/mol. The summed E-state index contributed by atoms with van der Waals surface area (Å²) in [6.07, 6.45) is -3.21. The molecule has 0 saturated heterocycles. The summed E-state index contributed by atoms with van der Waals surface area (Å²) in [6.45, 7) is 0. The Morgan fingerprint density at radius 1 is 1.32 bits per heavy atom. The molecule has 0 bridgehead atoms. The number of benzene rings is 1. The lowest BCUT2D eigenvalue weighted by Gasteiger charge is -2.12. The van der Waals surface area contributed by atoms with E-state index in [0.29, 0.717) is 0 Å². The van der Waals surface area contributed by atoms with E-state index in [2.05, 4.69) is 0 Å². The molecule has 1 aromatic rings. The Kier molecular flexibility index (Phi) is 5.61. The smallest absolute Gasteiger partial charge is 0.298 e. The molecule has 0 radical (unpaired) electrons. The molecule has 0 aromatic heterocycles. The first-order chi connectivity index (χ1) is 8.73. The third kappa shape index (κ3) is 5.36. The highest BCUT2D eigenvalue weighted by molar-refractivity contribution is 8.00. The number of ketones is 1. The molecule has 0 amide bonds. The van der Waals surface area contributed by atoms with Gasteiger partial charge in [-0.2, -0.15) is 13.2 Å². The lowest BCUT2D eigenvalue weighted by Crippen LogP contribution is -2.08. The molecule has 106 valence electrons. The van der Waals surface area contributed by atoms with Crippen LogP contribution in [0.15, 0.2) is 23.1 Å². The highest BCUT2D eigenvalue weighted by atomic mass is 35.5. The Labute approximate surface area is 115 Å². The van der Waals surface area contributed by atoms with E-state index < -0.39 is 41.5 Å². The van der Waals surface area contributed by atoms with Crippen LogP contribution >= 0.6 is 23.4 Å². The van der Waals surface area contributed by atoms with Crippen LogP contribution in [0, 0.1) is 0 Å². The van der Waals surface area contributed by atoms with E-state index in [4.69, 9.17) is 11.6 Å². The average Bonchev–Trinajstić information content (AvgIpc) is 2.29. The average molecular weight is 319 g/mol. The molecule has 0 fully saturated rings. The summed E-state index contributed by atoms with van der Waals surface area (Å²) >= 11 is 4.82. The zero-order chi connectivity index (χ0) is 14.6. The standard InChI is InChI=1S/C11H8ClF5OS/c12-5-8(18)4-7-3-6(10(13)14)1-2-9(7)19-11(15,16)17/h1-3,10H,4-5H2. The zero-order valence-electron chi connectivity index (χ0n) is 9.31. The maximum atomic E-state index is 12.5. The van der Waals surface area contributed by atoms with E-state index in [1.807, 2.05) is 0 Å². The highest BCUT2D eigenvalue weighted by Gasteiger charge is 2.30. The van der Waals surface area contributed by atoms with E-state index in [-0.39, 0.29) is 16.3 Å². The molecule has 0 saturated carbocycles. The van der Waals surface area contributed by atoms with E-state index in [1.165, 1.54) is 0 Å². The number of halogens is 6. The Balaban J connectivity index is 3.11. The van der Waals surface area contributed by atoms with E-state index >= 15 is 0 Å². The molecule has 0 aliphatic heterocycles. The van der Waals surface area contributed by atoms with E-state index in [0.717, 1.165) is 18.2 Å². The van der Waals surface area contributed by atoms with Crippen molar-refractivity contribution in [3.63, 3.8) is 0 Å². The number of alkyl halides is 6. The van der Waals surface area contributed by atoms with Crippen LogP contribution in [-0.4, -0.2) is 17.2 Å². The molecular weight excluding hydrogens is 311 g/mol. The van der Waals surface area contributed by atoms with Crippen molar-refractivity contribution >= 4 is 29.1 Å². The summed E-state index contributed by atoms with van der Waals surface area (Å²) in [7, 11) is 0. The summed E-state index contributed by atoms with van der Waals surface area (Å²) in [4.78, 5) is 10.9. The molecule has 0 atom stereocenters. The molecule has 0 unspecified atom stereocenters. The molecule has 0 spiro atoms. The number of Topliss-reactive ketones (excluding diaryl/α,β-unsaturated/α-hetero) is 1. The Hall–Kier alpha value is -0.820. The number of carbonyl (C=O) groups is 1. The van der Waals surface area contributed by atoms with Gasteiger partial charge in [0.15, 0.2) is 5.78 Å². The largest absolute Gasteiger partial charge is 0.446 e. The first kappa shape index (κ1) is 16.2. The van der Waals surface area contributed by atoms with Crippen LogP contribution in [0.2, 0.25) is 0 Å². The van der Waals surface area contributed by atoms with Gasteiger partial charge in [-0.25, -0.2) is 8.78 Å². The van der Waals surface area contributed by atoms with Gasteiger partial charge >= 0.3 is 5.51 Å². The Morgan fingerprint density at radius 2 is 1.95 bits per heavy atom. The van der Waals surface area contributed by atoms with Gasteiger partial charge in [0, 0.05) is 16.9 Å². The number of rotatable bonds is 5. The first-order valence-electron chi connectivity index (χ1n) is 4.97. The van der Waals surface area contributed by atoms with E-state index in [1.54, 1.807) is 0 Å². The third-order valence-corrected chi connectivity index (χ3v) is 3.25. The highest BCUT2D eigenvalue weighted by Crippen LogP contribution is 2.39. The molecule has 1 nitrogen and oxygen atoms in total. The molecule has 19 heavy (non-hydrogen) atoms. The fraction of sp³-hybridized carbons (Fsp3) is 0.364. The molecule has 0 heterocycles. The van der Waals surface area contributed by atoms with Gasteiger partial charge in [0.25, 0.3) is 6.43 Å². The fourth-order valence-corrected chi connectivity index (χ4v) is 2.10. The quantitative estimate of drug-likeness (QED) is 0.449. The second-order valence-electron chi connectivity index (χ2n) is 3.56. The maximum Gasteiger partial charge on any atom is 0.446 e. The molecular formula is C11H8ClF5OS. The second-order valence-corrected chi connectivity index (χ2v) is 4.94. The number of thioether (sulfide) groups is 1. The maximum absolute atomic E-state index is 12.5. The number of carbonyl (C=O) groups excluding carboxylic acids is 1.